The van der Waals surface area contributed by atoms with Crippen molar-refractivity contribution in [2.45, 2.75) is 19.3 Å². The fraction of sp³-hybridized carbons (Fsp3) is 0.379. The van der Waals surface area contributed by atoms with Crippen LogP contribution in [0.1, 0.15) is 19.3 Å². The fourth-order valence-electron chi connectivity index (χ4n) is 6.01. The predicted molar refractivity (Wildman–Crippen MR) is 163 cm³/mol. The van der Waals surface area contributed by atoms with Gasteiger partial charge in [-0.1, -0.05) is 12.1 Å². The molecule has 0 saturated carbocycles. The summed E-state index contributed by atoms with van der Waals surface area (Å²) in [5.41, 5.74) is 3.15. The summed E-state index contributed by atoms with van der Waals surface area (Å²) in [6, 6.07) is 14.1. The summed E-state index contributed by atoms with van der Waals surface area (Å²) in [6.07, 6.45) is 6.30. The van der Waals surface area contributed by atoms with E-state index in [0.717, 1.165) is 50.7 Å². The molecule has 10 nitrogen and oxygen atoms in total. The Hall–Kier alpha value is -3.90. The normalized spacial score (nSPS) is 17.3. The van der Waals surface area contributed by atoms with Gasteiger partial charge in [0.1, 0.15) is 17.3 Å². The van der Waals surface area contributed by atoms with Crippen LogP contribution in [0.3, 0.4) is 0 Å². The number of hydrogen-bond acceptors (Lipinski definition) is 8. The molecular formula is C29H35FN8O2S. The molecule has 216 valence electrons. The number of rotatable bonds is 7. The van der Waals surface area contributed by atoms with Crippen molar-refractivity contribution in [1.29, 1.82) is 0 Å². The molecule has 0 bridgehead atoms. The van der Waals surface area contributed by atoms with Crippen molar-refractivity contribution in [2.75, 3.05) is 66.4 Å². The number of nitrogens with zero attached hydrogens (tertiary/aromatic N) is 5. The van der Waals surface area contributed by atoms with Crippen LogP contribution in [0.15, 0.2) is 54.7 Å². The molecule has 0 aliphatic carbocycles. The molecule has 0 radical (unpaired) electrons. The van der Waals surface area contributed by atoms with Gasteiger partial charge in [0.25, 0.3) is 0 Å². The van der Waals surface area contributed by atoms with E-state index in [4.69, 9.17) is 0 Å². The monoisotopic (exact) mass is 578 g/mol. The van der Waals surface area contributed by atoms with Crippen LogP contribution in [-0.4, -0.2) is 74.8 Å². The van der Waals surface area contributed by atoms with Crippen LogP contribution in [0.4, 0.5) is 38.9 Å². The highest BCUT2D eigenvalue weighted by molar-refractivity contribution is 7.92. The van der Waals surface area contributed by atoms with Crippen LogP contribution in [0, 0.1) is 11.2 Å². The topological polar surface area (TPSA) is 109 Å². The average molecular weight is 579 g/mol. The Kier molecular flexibility index (Phi) is 6.98. The van der Waals surface area contributed by atoms with Gasteiger partial charge < -0.3 is 25.4 Å². The lowest BCUT2D eigenvalue weighted by Gasteiger charge is -2.40. The van der Waals surface area contributed by atoms with Gasteiger partial charge in [-0.05, 0) is 74.7 Å². The third-order valence-corrected chi connectivity index (χ3v) is 9.60. The predicted octanol–water partition coefficient (Wildman–Crippen LogP) is 4.90. The number of piperidine rings is 1. The molecule has 6 rings (SSSR count). The quantitative estimate of drug-likeness (QED) is 0.284. The minimum absolute atomic E-state index is 0.272. The highest BCUT2D eigenvalue weighted by atomic mass is 32.2. The van der Waals surface area contributed by atoms with Gasteiger partial charge in [0, 0.05) is 38.6 Å². The van der Waals surface area contributed by atoms with Crippen molar-refractivity contribution >= 4 is 55.6 Å². The van der Waals surface area contributed by atoms with Gasteiger partial charge >= 0.3 is 0 Å². The maximum Gasteiger partial charge on any atom is 0.232 e. The van der Waals surface area contributed by atoms with Crippen molar-refractivity contribution < 1.29 is 12.8 Å². The van der Waals surface area contributed by atoms with Crippen LogP contribution in [0.5, 0.6) is 0 Å². The molecule has 3 N–H and O–H groups in total. The first-order chi connectivity index (χ1) is 19.6. The van der Waals surface area contributed by atoms with Gasteiger partial charge in [-0.3, -0.25) is 4.31 Å². The molecule has 1 spiro atoms. The Bertz CT molecular complexity index is 1680. The highest BCUT2D eigenvalue weighted by Crippen LogP contribution is 2.41. The number of para-hydroxylation sites is 2. The van der Waals surface area contributed by atoms with Crippen molar-refractivity contribution in [3.63, 3.8) is 0 Å². The first-order valence-corrected chi connectivity index (χ1v) is 15.6. The standard InChI is InChI=1S/C29H35FN8O2S/c1-36-15-11-29(19-36)12-16-38(17-13-29)24-9-8-20(18-22(24)30)32-28-34-26-21(10-14-31-26)27(35-28)33-23-6-4-5-7-25(23)37(2)41(3,39)40/h4-10,14,18H,11-13,15-17,19H2,1-3H3,(H3,31,32,33,34,35). The number of aromatic nitrogens is 3. The molecule has 2 fully saturated rings. The minimum Gasteiger partial charge on any atom is -0.369 e. The van der Waals surface area contributed by atoms with Gasteiger partial charge in [0.15, 0.2) is 0 Å². The summed E-state index contributed by atoms with van der Waals surface area (Å²) in [4.78, 5) is 16.9. The fourth-order valence-corrected chi connectivity index (χ4v) is 6.53. The molecule has 2 aliphatic rings. The van der Waals surface area contributed by atoms with Crippen LogP contribution < -0.4 is 19.8 Å². The summed E-state index contributed by atoms with van der Waals surface area (Å²) < 4.78 is 41.0. The summed E-state index contributed by atoms with van der Waals surface area (Å²) in [5, 5.41) is 7.13. The number of fused-ring (bicyclic) bond motifs is 1. The third kappa shape index (κ3) is 5.53. The Labute approximate surface area is 239 Å². The Balaban J connectivity index is 1.22. The molecule has 2 aromatic carbocycles. The molecular weight excluding hydrogens is 543 g/mol. The maximum atomic E-state index is 15.4. The lowest BCUT2D eigenvalue weighted by molar-refractivity contribution is 0.221. The van der Waals surface area contributed by atoms with Gasteiger partial charge in [0.2, 0.25) is 16.0 Å². The zero-order chi connectivity index (χ0) is 28.8. The minimum atomic E-state index is -3.47. The van der Waals surface area contributed by atoms with Gasteiger partial charge in [-0.15, -0.1) is 0 Å². The third-order valence-electron chi connectivity index (χ3n) is 8.41. The first kappa shape index (κ1) is 27.3. The van der Waals surface area contributed by atoms with Crippen molar-refractivity contribution in [2.24, 2.45) is 5.41 Å². The van der Waals surface area contributed by atoms with Crippen molar-refractivity contribution in [3.05, 3.63) is 60.5 Å². The Morgan fingerprint density at radius 1 is 1.02 bits per heavy atom. The number of sulfonamides is 1. The van der Waals surface area contributed by atoms with Crippen molar-refractivity contribution in [1.82, 2.24) is 19.9 Å². The molecule has 2 aliphatic heterocycles. The van der Waals surface area contributed by atoms with E-state index in [1.165, 1.54) is 23.8 Å². The number of H-pyrrole nitrogens is 1. The van der Waals surface area contributed by atoms with Crippen LogP contribution >= 0.6 is 0 Å². The molecule has 2 saturated heterocycles. The second kappa shape index (κ2) is 10.5. The molecule has 4 heterocycles. The number of benzene rings is 2. The zero-order valence-corrected chi connectivity index (χ0v) is 24.3. The van der Waals surface area contributed by atoms with Gasteiger partial charge in [-0.2, -0.15) is 9.97 Å². The van der Waals surface area contributed by atoms with Crippen LogP contribution in [0.25, 0.3) is 11.0 Å². The number of nitrogens with one attached hydrogen (secondary N) is 3. The van der Waals surface area contributed by atoms with E-state index in [-0.39, 0.29) is 11.8 Å². The summed E-state index contributed by atoms with van der Waals surface area (Å²) in [7, 11) is 0.208. The summed E-state index contributed by atoms with van der Waals surface area (Å²) in [6.45, 7) is 3.99. The van der Waals surface area contributed by atoms with E-state index < -0.39 is 10.0 Å². The largest absolute Gasteiger partial charge is 0.369 e. The van der Waals surface area contributed by atoms with Gasteiger partial charge in [0.05, 0.1) is 28.7 Å². The van der Waals surface area contributed by atoms with Crippen LogP contribution in [0.2, 0.25) is 0 Å². The van der Waals surface area contributed by atoms with E-state index >= 15 is 4.39 Å². The molecule has 41 heavy (non-hydrogen) atoms. The Morgan fingerprint density at radius 3 is 2.49 bits per heavy atom. The summed E-state index contributed by atoms with van der Waals surface area (Å²) in [5.74, 6) is 0.463. The molecule has 0 amide bonds. The van der Waals surface area contributed by atoms with E-state index in [1.807, 2.05) is 24.3 Å². The van der Waals surface area contributed by atoms with E-state index in [9.17, 15) is 8.42 Å². The second-order valence-corrected chi connectivity index (χ2v) is 13.3. The smallest absolute Gasteiger partial charge is 0.232 e. The SMILES string of the molecule is CN1CCC2(CCN(c3ccc(Nc4nc(Nc5ccccc5N(C)S(C)(=O)=O)c5cc[nH]c5n4)cc3F)CC2)C1. The highest BCUT2D eigenvalue weighted by Gasteiger charge is 2.39. The van der Waals surface area contributed by atoms with E-state index in [1.54, 1.807) is 24.4 Å². The zero-order valence-electron chi connectivity index (χ0n) is 23.5. The second-order valence-electron chi connectivity index (χ2n) is 11.3. The van der Waals surface area contributed by atoms with Gasteiger partial charge in [-0.25, -0.2) is 12.8 Å². The van der Waals surface area contributed by atoms with Crippen LogP contribution in [-0.2, 0) is 10.0 Å². The molecule has 12 heteroatoms. The number of aromatic amines is 1. The number of anilines is 6. The average Bonchev–Trinajstić information content (AvgIpc) is 3.55. The molecule has 4 aromatic rings. The first-order valence-electron chi connectivity index (χ1n) is 13.8. The number of halogens is 1. The van der Waals surface area contributed by atoms with E-state index in [2.05, 4.69) is 42.4 Å². The lowest BCUT2D eigenvalue weighted by Crippen LogP contribution is -2.41. The molecule has 2 aromatic heterocycles. The maximum absolute atomic E-state index is 15.4. The molecule has 0 atom stereocenters. The summed E-state index contributed by atoms with van der Waals surface area (Å²) >= 11 is 0. The number of hydrogen-bond donors (Lipinski definition) is 3. The lowest BCUT2D eigenvalue weighted by atomic mass is 9.77. The number of likely N-dealkylation sites (tertiary alicyclic amines) is 1. The van der Waals surface area contributed by atoms with Crippen molar-refractivity contribution in [3.8, 4) is 0 Å². The van der Waals surface area contributed by atoms with E-state index in [0.29, 0.717) is 39.6 Å². The Morgan fingerprint density at radius 2 is 1.78 bits per heavy atom. The molecule has 0 unspecified atom stereocenters.